The molecule has 15 heavy (non-hydrogen) atoms. The zero-order valence-corrected chi connectivity index (χ0v) is 10.6. The second-order valence-electron chi connectivity index (χ2n) is 5.60. The molecular weight excluding hydrogens is 204 g/mol. The van der Waals surface area contributed by atoms with E-state index < -0.39 is 0 Å². The Labute approximate surface area is 97.2 Å². The standard InChI is InChI=1S/C12H22N2S/c1-9-5-6-13-12(15-9)7-10-3-4-11(8-12)14(10)2/h9-11,13H,3-8H2,1-2H3. The maximum atomic E-state index is 3.82. The summed E-state index contributed by atoms with van der Waals surface area (Å²) in [6.07, 6.45) is 6.95. The van der Waals surface area contributed by atoms with Gasteiger partial charge in [-0.15, -0.1) is 11.8 Å². The summed E-state index contributed by atoms with van der Waals surface area (Å²) in [7, 11) is 2.33. The van der Waals surface area contributed by atoms with E-state index >= 15 is 0 Å². The van der Waals surface area contributed by atoms with Gasteiger partial charge < -0.3 is 10.2 Å². The van der Waals surface area contributed by atoms with E-state index in [9.17, 15) is 0 Å². The largest absolute Gasteiger partial charge is 0.303 e. The van der Waals surface area contributed by atoms with Crippen molar-refractivity contribution in [3.63, 3.8) is 0 Å². The van der Waals surface area contributed by atoms with Crippen molar-refractivity contribution in [3.8, 4) is 0 Å². The van der Waals surface area contributed by atoms with E-state index in [-0.39, 0.29) is 0 Å². The number of nitrogens with one attached hydrogen (secondary N) is 1. The maximum Gasteiger partial charge on any atom is 0.0677 e. The van der Waals surface area contributed by atoms with Crippen molar-refractivity contribution in [2.75, 3.05) is 13.6 Å². The minimum Gasteiger partial charge on any atom is -0.303 e. The van der Waals surface area contributed by atoms with E-state index in [1.807, 2.05) is 0 Å². The highest BCUT2D eigenvalue weighted by Gasteiger charge is 2.48. The lowest BCUT2D eigenvalue weighted by Gasteiger charge is -2.48. The highest BCUT2D eigenvalue weighted by atomic mass is 32.2. The highest BCUT2D eigenvalue weighted by molar-refractivity contribution is 8.01. The summed E-state index contributed by atoms with van der Waals surface area (Å²) in [6, 6.07) is 1.71. The van der Waals surface area contributed by atoms with Gasteiger partial charge in [-0.3, -0.25) is 0 Å². The number of fused-ring (bicyclic) bond motifs is 2. The molecule has 3 heterocycles. The predicted molar refractivity (Wildman–Crippen MR) is 66.2 cm³/mol. The molecule has 1 spiro atoms. The fourth-order valence-corrected chi connectivity index (χ4v) is 5.42. The molecule has 3 aliphatic rings. The molecule has 2 nitrogen and oxygen atoms in total. The summed E-state index contributed by atoms with van der Waals surface area (Å²) in [4.78, 5) is 3.07. The summed E-state index contributed by atoms with van der Waals surface area (Å²) >= 11 is 2.22. The second kappa shape index (κ2) is 3.64. The first-order chi connectivity index (χ1) is 7.19. The lowest BCUT2D eigenvalue weighted by molar-refractivity contribution is 0.132. The van der Waals surface area contributed by atoms with Gasteiger partial charge in [-0.05, 0) is 45.7 Å². The first kappa shape index (κ1) is 10.4. The van der Waals surface area contributed by atoms with Gasteiger partial charge in [0.2, 0.25) is 0 Å². The first-order valence-corrected chi connectivity index (χ1v) is 7.21. The number of hydrogen-bond donors (Lipinski definition) is 1. The molecule has 86 valence electrons. The smallest absolute Gasteiger partial charge is 0.0677 e. The van der Waals surface area contributed by atoms with Crippen LogP contribution >= 0.6 is 11.8 Å². The fourth-order valence-electron chi connectivity index (χ4n) is 3.66. The van der Waals surface area contributed by atoms with Crippen LogP contribution in [0.3, 0.4) is 0 Å². The van der Waals surface area contributed by atoms with Crippen LogP contribution in [0.1, 0.15) is 39.0 Å². The van der Waals surface area contributed by atoms with Gasteiger partial charge in [0.15, 0.2) is 0 Å². The first-order valence-electron chi connectivity index (χ1n) is 6.33. The molecule has 3 fully saturated rings. The Balaban J connectivity index is 1.77. The molecule has 0 aromatic carbocycles. The third-order valence-corrected chi connectivity index (χ3v) is 6.11. The second-order valence-corrected chi connectivity index (χ2v) is 7.42. The van der Waals surface area contributed by atoms with E-state index in [2.05, 4.69) is 35.9 Å². The van der Waals surface area contributed by atoms with Crippen LogP contribution in [-0.2, 0) is 0 Å². The number of nitrogens with zero attached hydrogens (tertiary/aromatic N) is 1. The molecule has 3 heteroatoms. The molecule has 0 saturated carbocycles. The molecule has 3 unspecified atom stereocenters. The van der Waals surface area contributed by atoms with Crippen LogP contribution in [0, 0.1) is 0 Å². The van der Waals surface area contributed by atoms with Gasteiger partial charge in [0.25, 0.3) is 0 Å². The average Bonchev–Trinajstić information content (AvgIpc) is 2.45. The number of rotatable bonds is 0. The number of piperidine rings is 1. The van der Waals surface area contributed by atoms with Crippen molar-refractivity contribution in [1.29, 1.82) is 0 Å². The normalized spacial score (nSPS) is 51.2. The van der Waals surface area contributed by atoms with Crippen LogP contribution in [-0.4, -0.2) is 40.7 Å². The Hall–Kier alpha value is 0.270. The van der Waals surface area contributed by atoms with Gasteiger partial charge in [0.1, 0.15) is 0 Å². The Kier molecular flexibility index (Phi) is 2.53. The van der Waals surface area contributed by atoms with E-state index in [1.54, 1.807) is 0 Å². The molecule has 2 bridgehead atoms. The quantitative estimate of drug-likeness (QED) is 0.680. The molecule has 1 N–H and O–H groups in total. The van der Waals surface area contributed by atoms with E-state index in [4.69, 9.17) is 0 Å². The molecule has 0 radical (unpaired) electrons. The molecule has 3 rings (SSSR count). The maximum absolute atomic E-state index is 3.82. The van der Waals surface area contributed by atoms with E-state index in [0.29, 0.717) is 4.87 Å². The van der Waals surface area contributed by atoms with E-state index in [0.717, 1.165) is 17.3 Å². The van der Waals surface area contributed by atoms with Crippen LogP contribution < -0.4 is 5.32 Å². The molecule has 3 saturated heterocycles. The summed E-state index contributed by atoms with van der Waals surface area (Å²) in [6.45, 7) is 3.63. The predicted octanol–water partition coefficient (Wildman–Crippen LogP) is 2.05. The molecule has 3 atom stereocenters. The SMILES string of the molecule is CC1CCNC2(CC3CCC(C2)N3C)S1. The van der Waals surface area contributed by atoms with Gasteiger partial charge in [0.05, 0.1) is 4.87 Å². The molecule has 0 aliphatic carbocycles. The zero-order valence-electron chi connectivity index (χ0n) is 9.83. The third kappa shape index (κ3) is 1.73. The Morgan fingerprint density at radius 3 is 2.47 bits per heavy atom. The molecule has 0 amide bonds. The van der Waals surface area contributed by atoms with Crippen molar-refractivity contribution >= 4 is 11.8 Å². The van der Waals surface area contributed by atoms with Crippen LogP contribution in [0.2, 0.25) is 0 Å². The van der Waals surface area contributed by atoms with Gasteiger partial charge in [-0.2, -0.15) is 0 Å². The molecular formula is C12H22N2S. The van der Waals surface area contributed by atoms with Crippen molar-refractivity contribution in [3.05, 3.63) is 0 Å². The van der Waals surface area contributed by atoms with Crippen molar-refractivity contribution in [2.24, 2.45) is 0 Å². The van der Waals surface area contributed by atoms with Crippen LogP contribution in [0.25, 0.3) is 0 Å². The third-order valence-electron chi connectivity index (χ3n) is 4.54. The molecule has 0 aromatic heterocycles. The number of hydrogen-bond acceptors (Lipinski definition) is 3. The zero-order chi connectivity index (χ0) is 10.5. The lowest BCUT2D eigenvalue weighted by atomic mass is 9.96. The van der Waals surface area contributed by atoms with Gasteiger partial charge >= 0.3 is 0 Å². The van der Waals surface area contributed by atoms with Crippen molar-refractivity contribution in [2.45, 2.75) is 61.2 Å². The Bertz CT molecular complexity index is 242. The highest BCUT2D eigenvalue weighted by Crippen LogP contribution is 2.48. The summed E-state index contributed by atoms with van der Waals surface area (Å²) < 4.78 is 0. The Morgan fingerprint density at radius 1 is 1.20 bits per heavy atom. The van der Waals surface area contributed by atoms with Crippen molar-refractivity contribution in [1.82, 2.24) is 10.2 Å². The topological polar surface area (TPSA) is 15.3 Å². The van der Waals surface area contributed by atoms with Gasteiger partial charge in [-0.1, -0.05) is 6.92 Å². The van der Waals surface area contributed by atoms with E-state index in [1.165, 1.54) is 38.6 Å². The summed E-state index contributed by atoms with van der Waals surface area (Å²) in [5.41, 5.74) is 0. The molecule has 0 aromatic rings. The summed E-state index contributed by atoms with van der Waals surface area (Å²) in [5.74, 6) is 0. The summed E-state index contributed by atoms with van der Waals surface area (Å²) in [5, 5.41) is 4.68. The van der Waals surface area contributed by atoms with Crippen LogP contribution in [0.4, 0.5) is 0 Å². The van der Waals surface area contributed by atoms with Gasteiger partial charge in [-0.25, -0.2) is 0 Å². The van der Waals surface area contributed by atoms with Crippen LogP contribution in [0.15, 0.2) is 0 Å². The lowest BCUT2D eigenvalue weighted by Crippen LogP contribution is -2.57. The monoisotopic (exact) mass is 226 g/mol. The van der Waals surface area contributed by atoms with Crippen LogP contribution in [0.5, 0.6) is 0 Å². The Morgan fingerprint density at radius 2 is 1.87 bits per heavy atom. The fraction of sp³-hybridized carbons (Fsp3) is 1.00. The van der Waals surface area contributed by atoms with Gasteiger partial charge in [0, 0.05) is 17.3 Å². The minimum absolute atomic E-state index is 0.440. The minimum atomic E-state index is 0.440. The average molecular weight is 226 g/mol. The number of thioether (sulfide) groups is 1. The molecule has 3 aliphatic heterocycles. The van der Waals surface area contributed by atoms with Crippen molar-refractivity contribution < 1.29 is 0 Å².